The van der Waals surface area contributed by atoms with Gasteiger partial charge < -0.3 is 19.8 Å². The van der Waals surface area contributed by atoms with Gasteiger partial charge in [-0.15, -0.1) is 0 Å². The van der Waals surface area contributed by atoms with Crippen LogP contribution in [0.1, 0.15) is 30.8 Å². The second-order valence-corrected chi connectivity index (χ2v) is 9.80. The van der Waals surface area contributed by atoms with E-state index in [1.807, 2.05) is 76.3 Å². The number of nitrogens with one attached hydrogen (secondary N) is 3. The third-order valence-electron chi connectivity index (χ3n) is 6.29. The molecule has 0 aliphatic heterocycles. The minimum Gasteiger partial charge on any atom is -0.358 e. The van der Waals surface area contributed by atoms with Gasteiger partial charge in [0.05, 0.1) is 28.8 Å². The van der Waals surface area contributed by atoms with Crippen LogP contribution >= 0.6 is 0 Å². The SMILES string of the molecule is C=C/C=C(\c1cc(-c2n[nH]c(=C/C)/c2=C\C(=C)C(/C=C(\C=C)NC(=C)CN(C)C)=C/C)[nH]c1C)n1cnc(C)c1. The predicted molar refractivity (Wildman–Crippen MR) is 170 cm³/mol. The Bertz CT molecular complexity index is 1630. The van der Waals surface area contributed by atoms with Crippen LogP contribution in [0.3, 0.4) is 0 Å². The highest BCUT2D eigenvalue weighted by Crippen LogP contribution is 2.26. The van der Waals surface area contributed by atoms with Crippen LogP contribution in [0, 0.1) is 13.8 Å². The Labute approximate surface area is 237 Å². The van der Waals surface area contributed by atoms with E-state index in [4.69, 9.17) is 0 Å². The molecule has 7 heteroatoms. The van der Waals surface area contributed by atoms with Crippen LogP contribution < -0.4 is 15.9 Å². The average molecular weight is 536 g/mol. The number of imidazole rings is 1. The maximum atomic E-state index is 4.68. The van der Waals surface area contributed by atoms with Crippen LogP contribution in [-0.4, -0.2) is 50.3 Å². The van der Waals surface area contributed by atoms with Crippen LogP contribution in [0.15, 0.2) is 97.8 Å². The summed E-state index contributed by atoms with van der Waals surface area (Å²) in [7, 11) is 4.01. The number of aryl methyl sites for hydroxylation is 2. The van der Waals surface area contributed by atoms with Crippen molar-refractivity contribution >= 4 is 17.8 Å². The van der Waals surface area contributed by atoms with Crippen molar-refractivity contribution in [1.82, 2.24) is 34.9 Å². The number of hydrogen-bond acceptors (Lipinski definition) is 4. The molecular formula is C33H41N7. The van der Waals surface area contributed by atoms with Crippen LogP contribution in [-0.2, 0) is 0 Å². The number of nitrogens with zero attached hydrogens (tertiary/aromatic N) is 4. The molecule has 0 fully saturated rings. The Balaban J connectivity index is 2.05. The molecule has 0 aromatic carbocycles. The maximum Gasteiger partial charge on any atom is 0.116 e. The van der Waals surface area contributed by atoms with Gasteiger partial charge in [-0.25, -0.2) is 4.98 Å². The maximum absolute atomic E-state index is 4.68. The van der Waals surface area contributed by atoms with Crippen molar-refractivity contribution in [3.63, 3.8) is 0 Å². The van der Waals surface area contributed by atoms with Crippen molar-refractivity contribution in [3.8, 4) is 11.4 Å². The van der Waals surface area contributed by atoms with Crippen molar-refractivity contribution in [2.24, 2.45) is 0 Å². The fraction of sp³-hybridized carbons (Fsp3) is 0.212. The van der Waals surface area contributed by atoms with E-state index in [0.29, 0.717) is 0 Å². The van der Waals surface area contributed by atoms with E-state index in [-0.39, 0.29) is 0 Å². The molecule has 0 aliphatic rings. The fourth-order valence-electron chi connectivity index (χ4n) is 4.42. The summed E-state index contributed by atoms with van der Waals surface area (Å²) >= 11 is 0. The summed E-state index contributed by atoms with van der Waals surface area (Å²) in [6.45, 7) is 25.1. The number of hydrogen-bond donors (Lipinski definition) is 3. The Morgan fingerprint density at radius 1 is 1.18 bits per heavy atom. The van der Waals surface area contributed by atoms with E-state index in [1.54, 1.807) is 12.2 Å². The molecule has 0 unspecified atom stereocenters. The molecule has 208 valence electrons. The zero-order chi connectivity index (χ0) is 29.4. The molecule has 7 nitrogen and oxygen atoms in total. The summed E-state index contributed by atoms with van der Waals surface area (Å²) in [5, 5.41) is 13.1. The molecule has 3 rings (SSSR count). The smallest absolute Gasteiger partial charge is 0.116 e. The van der Waals surface area contributed by atoms with Crippen LogP contribution in [0.2, 0.25) is 0 Å². The topological polar surface area (TPSA) is 77.6 Å². The highest BCUT2D eigenvalue weighted by atomic mass is 15.1. The number of allylic oxidation sites excluding steroid dienone is 7. The molecule has 0 saturated heterocycles. The zero-order valence-corrected chi connectivity index (χ0v) is 24.6. The minimum atomic E-state index is 0.721. The molecule has 0 saturated carbocycles. The first-order chi connectivity index (χ1) is 19.1. The molecule has 3 aromatic rings. The summed E-state index contributed by atoms with van der Waals surface area (Å²) in [6.07, 6.45) is 17.5. The van der Waals surface area contributed by atoms with E-state index in [9.17, 15) is 0 Å². The van der Waals surface area contributed by atoms with Gasteiger partial charge in [-0.1, -0.05) is 44.5 Å². The van der Waals surface area contributed by atoms with E-state index >= 15 is 0 Å². The fourth-order valence-corrected chi connectivity index (χ4v) is 4.42. The highest BCUT2D eigenvalue weighted by Gasteiger charge is 2.15. The van der Waals surface area contributed by atoms with E-state index < -0.39 is 0 Å². The number of likely N-dealkylation sites (N-methyl/N-ethyl adjacent to an activating group) is 1. The van der Waals surface area contributed by atoms with Crippen molar-refractivity contribution < 1.29 is 0 Å². The average Bonchev–Trinajstić information content (AvgIpc) is 3.62. The quantitative estimate of drug-likeness (QED) is 0.282. The van der Waals surface area contributed by atoms with Crippen LogP contribution in [0.5, 0.6) is 0 Å². The molecule has 0 spiro atoms. The van der Waals surface area contributed by atoms with Crippen molar-refractivity contribution in [3.05, 3.63) is 125 Å². The van der Waals surface area contributed by atoms with E-state index in [2.05, 4.69) is 75.8 Å². The van der Waals surface area contributed by atoms with Gasteiger partial charge >= 0.3 is 0 Å². The van der Waals surface area contributed by atoms with Gasteiger partial charge in [0.25, 0.3) is 0 Å². The predicted octanol–water partition coefficient (Wildman–Crippen LogP) is 5.11. The zero-order valence-electron chi connectivity index (χ0n) is 24.6. The second kappa shape index (κ2) is 13.4. The van der Waals surface area contributed by atoms with Gasteiger partial charge in [0.1, 0.15) is 5.69 Å². The van der Waals surface area contributed by atoms with Crippen molar-refractivity contribution in [1.29, 1.82) is 0 Å². The van der Waals surface area contributed by atoms with Gasteiger partial charge in [-0.3, -0.25) is 5.10 Å². The van der Waals surface area contributed by atoms with Crippen LogP contribution in [0.4, 0.5) is 0 Å². The second-order valence-electron chi connectivity index (χ2n) is 9.80. The molecule has 3 heterocycles. The first-order valence-corrected chi connectivity index (χ1v) is 13.2. The van der Waals surface area contributed by atoms with Crippen LogP contribution in [0.25, 0.3) is 29.2 Å². The molecule has 40 heavy (non-hydrogen) atoms. The van der Waals surface area contributed by atoms with E-state index in [1.165, 1.54) is 0 Å². The van der Waals surface area contributed by atoms with Gasteiger partial charge in [-0.2, -0.15) is 5.10 Å². The lowest BCUT2D eigenvalue weighted by Gasteiger charge is -2.15. The molecule has 0 amide bonds. The molecule has 0 bridgehead atoms. The van der Waals surface area contributed by atoms with Crippen molar-refractivity contribution in [2.75, 3.05) is 20.6 Å². The summed E-state index contributed by atoms with van der Waals surface area (Å²) in [5.74, 6) is 0. The van der Waals surface area contributed by atoms with Gasteiger partial charge in [0, 0.05) is 40.6 Å². The highest BCUT2D eigenvalue weighted by molar-refractivity contribution is 5.75. The van der Waals surface area contributed by atoms with Gasteiger partial charge in [-0.05, 0) is 83.3 Å². The third kappa shape index (κ3) is 7.07. The summed E-state index contributed by atoms with van der Waals surface area (Å²) in [4.78, 5) is 9.98. The summed E-state index contributed by atoms with van der Waals surface area (Å²) in [6, 6.07) is 2.11. The summed E-state index contributed by atoms with van der Waals surface area (Å²) in [5.41, 5.74) is 9.23. The molecule has 0 radical (unpaired) electrons. The molecule has 0 atom stereocenters. The number of rotatable bonds is 12. The lowest BCUT2D eigenvalue weighted by Crippen LogP contribution is -2.24. The Kier molecular flexibility index (Phi) is 10.1. The summed E-state index contributed by atoms with van der Waals surface area (Å²) < 4.78 is 2.00. The number of H-pyrrole nitrogens is 2. The first kappa shape index (κ1) is 29.9. The Morgan fingerprint density at radius 3 is 2.50 bits per heavy atom. The molecule has 3 N–H and O–H groups in total. The number of aromatic nitrogens is 5. The van der Waals surface area contributed by atoms with Crippen molar-refractivity contribution in [2.45, 2.75) is 27.7 Å². The van der Waals surface area contributed by atoms with E-state index in [0.717, 1.165) is 73.7 Å². The minimum absolute atomic E-state index is 0.721. The standard InChI is InChI=1S/C33H41N7/c1-11-15-32(40-20-23(6)34-21-40)28-18-31(36-25(28)8)33-29(30(14-4)37-38-33)16-22(5)26(12-2)17-27(13-3)35-24(7)19-39(9)10/h11-18,20-21,35-37H,1,3,5,7,19H2,2,4,6,8-10H3/b26-12+,27-17+,29-16+,30-14+,32-15+. The lowest BCUT2D eigenvalue weighted by molar-refractivity contribution is 0.438. The lowest BCUT2D eigenvalue weighted by atomic mass is 10.0. The Morgan fingerprint density at radius 2 is 1.93 bits per heavy atom. The molecule has 3 aromatic heterocycles. The van der Waals surface area contributed by atoms with Gasteiger partial charge in [0.15, 0.2) is 0 Å². The van der Waals surface area contributed by atoms with Gasteiger partial charge in [0.2, 0.25) is 0 Å². The third-order valence-corrected chi connectivity index (χ3v) is 6.29. The molecular weight excluding hydrogens is 494 g/mol. The Hall–Kier alpha value is -4.62. The largest absolute Gasteiger partial charge is 0.358 e. The monoisotopic (exact) mass is 535 g/mol. The number of aromatic amines is 2. The normalized spacial score (nSPS) is 13.7. The first-order valence-electron chi connectivity index (χ1n) is 13.2. The molecule has 0 aliphatic carbocycles.